The number of nitrogens with one attached hydrogen (secondary N) is 3. The molecule has 266 valence electrons. The number of carbonyl (C=O) groups is 3. The Hall–Kier alpha value is -2.58. The van der Waals surface area contributed by atoms with Crippen molar-refractivity contribution in [1.82, 2.24) is 20.9 Å². The van der Waals surface area contributed by atoms with E-state index in [9.17, 15) is 14.4 Å². The Bertz CT molecular complexity index is 1040. The van der Waals surface area contributed by atoms with Gasteiger partial charge in [0.1, 0.15) is 0 Å². The van der Waals surface area contributed by atoms with Gasteiger partial charge >= 0.3 is 6.03 Å². The summed E-state index contributed by atoms with van der Waals surface area (Å²) >= 11 is 1.90. The fraction of sp³-hybridized carbons (Fsp3) is 0.735. The van der Waals surface area contributed by atoms with Crippen molar-refractivity contribution >= 4 is 35.3 Å². The molecule has 3 aliphatic rings. The monoisotopic (exact) mass is 679 g/mol. The molecule has 13 heteroatoms. The SMILES string of the molecule is CC.Cc1ccc(N2CCN(C(=O)CCOCCOCCOCCOCCNC(=O)CCCCC3SCC4NC(=O)NC43)CC2)cc1. The number of anilines is 1. The van der Waals surface area contributed by atoms with Crippen molar-refractivity contribution in [3.05, 3.63) is 29.8 Å². The topological polar surface area (TPSA) is 131 Å². The number of nitrogens with zero attached hydrogens (tertiary/aromatic N) is 2. The minimum absolute atomic E-state index is 0.0444. The quantitative estimate of drug-likeness (QED) is 0.133. The molecule has 3 atom stereocenters. The zero-order valence-corrected chi connectivity index (χ0v) is 29.5. The fourth-order valence-corrected chi connectivity index (χ4v) is 7.22. The van der Waals surface area contributed by atoms with Crippen LogP contribution in [0, 0.1) is 6.92 Å². The first kappa shape index (κ1) is 38.9. The standard InChI is InChI=1S/C32H51N5O7S.C2H6/c1-25-6-8-26(9-7-25)36-12-14-37(15-13-36)30(39)10-16-41-18-20-43-22-23-44-21-19-42-17-11-33-29(38)5-3-2-4-28-31-27(24-45-28)34-32(40)35-31;1-2/h6-9,27-28,31H,2-5,10-24H2,1H3,(H,33,38)(H2,34,35,40);1-2H3. The molecule has 4 amide bonds. The highest BCUT2D eigenvalue weighted by Gasteiger charge is 2.42. The lowest BCUT2D eigenvalue weighted by Gasteiger charge is -2.36. The van der Waals surface area contributed by atoms with Gasteiger partial charge in [-0.2, -0.15) is 11.8 Å². The number of hydrogen-bond acceptors (Lipinski definition) is 9. The summed E-state index contributed by atoms with van der Waals surface area (Å²) in [6.45, 7) is 13.4. The zero-order valence-electron chi connectivity index (χ0n) is 28.6. The summed E-state index contributed by atoms with van der Waals surface area (Å²) in [7, 11) is 0. The third kappa shape index (κ3) is 14.6. The number of fused-ring (bicyclic) bond motifs is 1. The zero-order chi connectivity index (χ0) is 33.7. The number of rotatable bonds is 21. The molecule has 0 aromatic heterocycles. The Morgan fingerprint density at radius 1 is 0.830 bits per heavy atom. The Morgan fingerprint density at radius 2 is 1.45 bits per heavy atom. The first-order valence-electron chi connectivity index (χ1n) is 17.4. The molecule has 0 aliphatic carbocycles. The molecule has 0 bridgehead atoms. The van der Waals surface area contributed by atoms with E-state index in [0.29, 0.717) is 77.5 Å². The number of piperazine rings is 1. The van der Waals surface area contributed by atoms with Crippen molar-refractivity contribution < 1.29 is 33.3 Å². The molecule has 12 nitrogen and oxygen atoms in total. The lowest BCUT2D eigenvalue weighted by molar-refractivity contribution is -0.132. The van der Waals surface area contributed by atoms with Gasteiger partial charge in [-0.15, -0.1) is 0 Å². The van der Waals surface area contributed by atoms with Gasteiger partial charge in [0.05, 0.1) is 71.4 Å². The molecule has 0 spiro atoms. The third-order valence-corrected chi connectivity index (χ3v) is 9.77. The smallest absolute Gasteiger partial charge is 0.315 e. The van der Waals surface area contributed by atoms with Gasteiger partial charge in [-0.05, 0) is 31.9 Å². The summed E-state index contributed by atoms with van der Waals surface area (Å²) in [6.07, 6.45) is 3.73. The number of urea groups is 1. The van der Waals surface area contributed by atoms with Crippen molar-refractivity contribution in [3.63, 3.8) is 0 Å². The summed E-state index contributed by atoms with van der Waals surface area (Å²) in [5.41, 5.74) is 2.46. The molecule has 3 aliphatic heterocycles. The molecule has 0 saturated carbocycles. The third-order valence-electron chi connectivity index (χ3n) is 8.26. The first-order chi connectivity index (χ1) is 23.0. The van der Waals surface area contributed by atoms with Crippen LogP contribution in [0.15, 0.2) is 24.3 Å². The van der Waals surface area contributed by atoms with Gasteiger partial charge in [0.25, 0.3) is 0 Å². The van der Waals surface area contributed by atoms with Crippen LogP contribution in [-0.2, 0) is 28.5 Å². The van der Waals surface area contributed by atoms with Crippen LogP contribution in [0.2, 0.25) is 0 Å². The number of ether oxygens (including phenoxy) is 4. The van der Waals surface area contributed by atoms with Crippen LogP contribution in [0.3, 0.4) is 0 Å². The van der Waals surface area contributed by atoms with Crippen LogP contribution in [0.4, 0.5) is 10.5 Å². The molecule has 3 fully saturated rings. The predicted octanol–water partition coefficient (Wildman–Crippen LogP) is 2.97. The fourth-order valence-electron chi connectivity index (χ4n) is 5.67. The van der Waals surface area contributed by atoms with Gasteiger partial charge in [0.2, 0.25) is 11.8 Å². The molecular formula is C34H57N5O7S. The molecule has 3 unspecified atom stereocenters. The second-order valence-corrected chi connectivity index (χ2v) is 12.9. The molecule has 0 radical (unpaired) electrons. The van der Waals surface area contributed by atoms with Gasteiger partial charge in [-0.3, -0.25) is 9.59 Å². The lowest BCUT2D eigenvalue weighted by Crippen LogP contribution is -2.49. The van der Waals surface area contributed by atoms with E-state index in [1.165, 1.54) is 11.3 Å². The van der Waals surface area contributed by atoms with Crippen LogP contribution >= 0.6 is 11.8 Å². The second-order valence-electron chi connectivity index (χ2n) is 11.6. The lowest BCUT2D eigenvalue weighted by atomic mass is 10.0. The molecule has 3 N–H and O–H groups in total. The van der Waals surface area contributed by atoms with Crippen molar-refractivity contribution in [3.8, 4) is 0 Å². The average molecular weight is 680 g/mol. The van der Waals surface area contributed by atoms with E-state index in [2.05, 4.69) is 52.0 Å². The van der Waals surface area contributed by atoms with Crippen LogP contribution in [0.25, 0.3) is 0 Å². The van der Waals surface area contributed by atoms with Crippen molar-refractivity contribution in [2.24, 2.45) is 0 Å². The number of aryl methyl sites for hydroxylation is 1. The largest absolute Gasteiger partial charge is 0.379 e. The summed E-state index contributed by atoms with van der Waals surface area (Å²) < 4.78 is 22.1. The van der Waals surface area contributed by atoms with E-state index in [1.54, 1.807) is 0 Å². The van der Waals surface area contributed by atoms with Gasteiger partial charge in [0.15, 0.2) is 0 Å². The highest BCUT2D eigenvalue weighted by Crippen LogP contribution is 2.33. The van der Waals surface area contributed by atoms with E-state index in [0.717, 1.165) is 51.2 Å². The van der Waals surface area contributed by atoms with E-state index in [-0.39, 0.29) is 29.9 Å². The maximum Gasteiger partial charge on any atom is 0.315 e. The summed E-state index contributed by atoms with van der Waals surface area (Å²) in [5.74, 6) is 1.15. The summed E-state index contributed by atoms with van der Waals surface area (Å²) in [6, 6.07) is 8.94. The summed E-state index contributed by atoms with van der Waals surface area (Å²) in [5, 5.41) is 9.29. The van der Waals surface area contributed by atoms with Gasteiger partial charge in [0, 0.05) is 55.8 Å². The van der Waals surface area contributed by atoms with Crippen LogP contribution in [-0.4, -0.2) is 131 Å². The van der Waals surface area contributed by atoms with Gasteiger partial charge < -0.3 is 44.7 Å². The van der Waals surface area contributed by atoms with E-state index in [1.807, 2.05) is 30.5 Å². The number of carbonyl (C=O) groups excluding carboxylic acids is 3. The van der Waals surface area contributed by atoms with Crippen molar-refractivity contribution in [2.75, 3.05) is 96.2 Å². The van der Waals surface area contributed by atoms with Gasteiger partial charge in [-0.25, -0.2) is 4.79 Å². The van der Waals surface area contributed by atoms with Gasteiger partial charge in [-0.1, -0.05) is 38.0 Å². The minimum Gasteiger partial charge on any atom is -0.379 e. The van der Waals surface area contributed by atoms with Crippen LogP contribution in [0.5, 0.6) is 0 Å². The molecular weight excluding hydrogens is 622 g/mol. The predicted molar refractivity (Wildman–Crippen MR) is 186 cm³/mol. The van der Waals surface area contributed by atoms with Crippen molar-refractivity contribution in [1.29, 1.82) is 0 Å². The minimum atomic E-state index is -0.0588. The summed E-state index contributed by atoms with van der Waals surface area (Å²) in [4.78, 5) is 40.2. The second kappa shape index (κ2) is 22.9. The Kier molecular flexibility index (Phi) is 18.9. The number of thioether (sulfide) groups is 1. The van der Waals surface area contributed by atoms with E-state index in [4.69, 9.17) is 18.9 Å². The normalized spacial score (nSPS) is 20.2. The Labute approximate surface area is 285 Å². The highest BCUT2D eigenvalue weighted by atomic mass is 32.2. The molecule has 3 heterocycles. The first-order valence-corrected chi connectivity index (χ1v) is 18.4. The molecule has 3 saturated heterocycles. The number of hydrogen-bond donors (Lipinski definition) is 3. The molecule has 1 aromatic carbocycles. The Morgan fingerprint density at radius 3 is 2.11 bits per heavy atom. The Balaban J connectivity index is 0.00000294. The number of unbranched alkanes of at least 4 members (excludes halogenated alkanes) is 1. The highest BCUT2D eigenvalue weighted by molar-refractivity contribution is 8.00. The molecule has 4 rings (SSSR count). The number of benzene rings is 1. The van der Waals surface area contributed by atoms with Crippen LogP contribution < -0.4 is 20.9 Å². The van der Waals surface area contributed by atoms with Crippen molar-refractivity contribution in [2.45, 2.75) is 70.2 Å². The number of amides is 4. The van der Waals surface area contributed by atoms with Crippen LogP contribution in [0.1, 0.15) is 51.5 Å². The molecule has 47 heavy (non-hydrogen) atoms. The maximum absolute atomic E-state index is 12.5. The maximum atomic E-state index is 12.5. The van der Waals surface area contributed by atoms with E-state index < -0.39 is 0 Å². The molecule has 1 aromatic rings. The average Bonchev–Trinajstić information content (AvgIpc) is 3.65. The van der Waals surface area contributed by atoms with E-state index >= 15 is 0 Å².